The second kappa shape index (κ2) is 10.6. The fourth-order valence-corrected chi connectivity index (χ4v) is 4.10. The number of anilines is 1. The van der Waals surface area contributed by atoms with Gasteiger partial charge in [0.25, 0.3) is 0 Å². The molecule has 158 valence electrons. The highest BCUT2D eigenvalue weighted by Crippen LogP contribution is 2.19. The van der Waals surface area contributed by atoms with Crippen LogP contribution in [0, 0.1) is 6.92 Å². The Balaban J connectivity index is 2.12. The summed E-state index contributed by atoms with van der Waals surface area (Å²) < 4.78 is 56.4. The monoisotopic (exact) mass is 444 g/mol. The zero-order valence-electron chi connectivity index (χ0n) is 15.9. The number of alkyl halides is 2. The average molecular weight is 445 g/mol. The van der Waals surface area contributed by atoms with E-state index in [2.05, 4.69) is 14.8 Å². The SMILES string of the molecule is CSCCC(NS(=O)(=O)c1ccc(C)cc1)C(=O)Nc1ccc(OC(F)F)cc1. The van der Waals surface area contributed by atoms with Crippen LogP contribution in [0.5, 0.6) is 5.75 Å². The van der Waals surface area contributed by atoms with Crippen molar-refractivity contribution in [2.45, 2.75) is 30.9 Å². The summed E-state index contributed by atoms with van der Waals surface area (Å²) >= 11 is 1.48. The Labute approximate surface area is 173 Å². The number of nitrogens with one attached hydrogen (secondary N) is 2. The molecule has 0 heterocycles. The first-order valence-corrected chi connectivity index (χ1v) is 11.5. The fourth-order valence-electron chi connectivity index (χ4n) is 2.40. The summed E-state index contributed by atoms with van der Waals surface area (Å²) in [7, 11) is -3.89. The molecule has 2 rings (SSSR count). The molecule has 0 aliphatic heterocycles. The van der Waals surface area contributed by atoms with Crippen LogP contribution in [0.15, 0.2) is 53.4 Å². The minimum absolute atomic E-state index is 0.0444. The number of hydrogen-bond donors (Lipinski definition) is 2. The topological polar surface area (TPSA) is 84.5 Å². The summed E-state index contributed by atoms with van der Waals surface area (Å²) in [5, 5.41) is 2.60. The smallest absolute Gasteiger partial charge is 0.387 e. The number of carbonyl (C=O) groups is 1. The quantitative estimate of drug-likeness (QED) is 0.585. The zero-order valence-corrected chi connectivity index (χ0v) is 17.5. The van der Waals surface area contributed by atoms with Crippen LogP contribution >= 0.6 is 11.8 Å². The lowest BCUT2D eigenvalue weighted by atomic mass is 10.2. The summed E-state index contributed by atoms with van der Waals surface area (Å²) in [6, 6.07) is 10.7. The second-order valence-electron chi connectivity index (χ2n) is 6.16. The number of sulfonamides is 1. The van der Waals surface area contributed by atoms with Gasteiger partial charge < -0.3 is 10.1 Å². The van der Waals surface area contributed by atoms with E-state index in [9.17, 15) is 22.0 Å². The maximum atomic E-state index is 12.6. The van der Waals surface area contributed by atoms with E-state index in [-0.39, 0.29) is 17.1 Å². The summed E-state index contributed by atoms with van der Waals surface area (Å²) in [6.45, 7) is -1.10. The number of ether oxygens (including phenoxy) is 1. The summed E-state index contributed by atoms with van der Waals surface area (Å²) in [4.78, 5) is 12.7. The molecule has 29 heavy (non-hydrogen) atoms. The van der Waals surface area contributed by atoms with E-state index in [1.165, 1.54) is 48.2 Å². The van der Waals surface area contributed by atoms with Crippen LogP contribution in [-0.2, 0) is 14.8 Å². The molecule has 2 aromatic rings. The van der Waals surface area contributed by atoms with E-state index in [0.29, 0.717) is 11.4 Å². The van der Waals surface area contributed by atoms with Gasteiger partial charge in [-0.25, -0.2) is 8.42 Å². The van der Waals surface area contributed by atoms with Gasteiger partial charge in [0, 0.05) is 5.69 Å². The van der Waals surface area contributed by atoms with Crippen LogP contribution in [0.4, 0.5) is 14.5 Å². The van der Waals surface area contributed by atoms with Gasteiger partial charge in [-0.15, -0.1) is 0 Å². The van der Waals surface area contributed by atoms with E-state index in [1.807, 2.05) is 13.2 Å². The molecule has 0 saturated heterocycles. The van der Waals surface area contributed by atoms with Gasteiger partial charge in [-0.2, -0.15) is 25.3 Å². The van der Waals surface area contributed by atoms with Gasteiger partial charge in [-0.05, 0) is 61.8 Å². The van der Waals surface area contributed by atoms with Crippen molar-refractivity contribution >= 4 is 33.4 Å². The van der Waals surface area contributed by atoms with Gasteiger partial charge in [0.1, 0.15) is 11.8 Å². The van der Waals surface area contributed by atoms with E-state index < -0.39 is 28.6 Å². The molecule has 1 unspecified atom stereocenters. The van der Waals surface area contributed by atoms with E-state index in [4.69, 9.17) is 0 Å². The Morgan fingerprint density at radius 3 is 2.28 bits per heavy atom. The number of aryl methyl sites for hydroxylation is 1. The highest BCUT2D eigenvalue weighted by molar-refractivity contribution is 7.98. The number of halogens is 2. The lowest BCUT2D eigenvalue weighted by molar-refractivity contribution is -0.117. The predicted molar refractivity (Wildman–Crippen MR) is 110 cm³/mol. The minimum Gasteiger partial charge on any atom is -0.435 e. The summed E-state index contributed by atoms with van der Waals surface area (Å²) in [6.07, 6.45) is 2.13. The van der Waals surface area contributed by atoms with Crippen molar-refractivity contribution in [3.63, 3.8) is 0 Å². The third-order valence-corrected chi connectivity index (χ3v) is 6.03. The first-order chi connectivity index (χ1) is 13.7. The molecule has 0 fully saturated rings. The van der Waals surface area contributed by atoms with Crippen molar-refractivity contribution in [3.8, 4) is 5.75 Å². The molecule has 2 N–H and O–H groups in total. The maximum absolute atomic E-state index is 12.6. The third kappa shape index (κ3) is 7.30. The van der Waals surface area contributed by atoms with E-state index in [1.54, 1.807) is 12.1 Å². The van der Waals surface area contributed by atoms with Crippen molar-refractivity contribution < 1.29 is 26.7 Å². The van der Waals surface area contributed by atoms with Gasteiger partial charge in [0.15, 0.2) is 0 Å². The number of thioether (sulfide) groups is 1. The molecule has 0 spiro atoms. The summed E-state index contributed by atoms with van der Waals surface area (Å²) in [5.74, 6) is -0.0235. The highest BCUT2D eigenvalue weighted by atomic mass is 32.2. The molecule has 0 saturated carbocycles. The molecule has 10 heteroatoms. The number of rotatable bonds is 10. The Morgan fingerprint density at radius 2 is 1.72 bits per heavy atom. The second-order valence-corrected chi connectivity index (χ2v) is 8.86. The molecular weight excluding hydrogens is 422 g/mol. The van der Waals surface area contributed by atoms with Gasteiger partial charge >= 0.3 is 6.61 Å². The van der Waals surface area contributed by atoms with Gasteiger partial charge in [-0.1, -0.05) is 17.7 Å². The Hall–Kier alpha value is -2.17. The van der Waals surface area contributed by atoms with Crippen LogP contribution in [0.2, 0.25) is 0 Å². The molecule has 0 aromatic heterocycles. The van der Waals surface area contributed by atoms with Crippen LogP contribution < -0.4 is 14.8 Å². The first-order valence-electron chi connectivity index (χ1n) is 8.65. The standard InChI is InChI=1S/C19H22F2N2O4S2/c1-13-3-9-16(10-4-13)29(25,26)23-17(11-12-28-2)18(24)22-14-5-7-15(8-6-14)27-19(20)21/h3-10,17,19,23H,11-12H2,1-2H3,(H,22,24). The van der Waals surface area contributed by atoms with Crippen LogP contribution in [-0.4, -0.2) is 39.0 Å². The van der Waals surface area contributed by atoms with Crippen LogP contribution in [0.25, 0.3) is 0 Å². The molecule has 0 aliphatic carbocycles. The van der Waals surface area contributed by atoms with E-state index >= 15 is 0 Å². The molecule has 1 atom stereocenters. The van der Waals surface area contributed by atoms with Crippen molar-refractivity contribution in [1.82, 2.24) is 4.72 Å². The normalized spacial score (nSPS) is 12.6. The van der Waals surface area contributed by atoms with Crippen LogP contribution in [0.1, 0.15) is 12.0 Å². The molecule has 0 bridgehead atoms. The van der Waals surface area contributed by atoms with Crippen molar-refractivity contribution in [2.75, 3.05) is 17.3 Å². The number of carbonyl (C=O) groups excluding carboxylic acids is 1. The minimum atomic E-state index is -3.89. The fraction of sp³-hybridized carbons (Fsp3) is 0.316. The number of amides is 1. The molecule has 0 radical (unpaired) electrons. The molecule has 6 nitrogen and oxygen atoms in total. The first kappa shape index (κ1) is 23.1. The lowest BCUT2D eigenvalue weighted by Gasteiger charge is -2.18. The predicted octanol–water partition coefficient (Wildman–Crippen LogP) is 3.64. The average Bonchev–Trinajstić information content (AvgIpc) is 2.66. The maximum Gasteiger partial charge on any atom is 0.387 e. The Kier molecular flexibility index (Phi) is 8.42. The molecular formula is C19H22F2N2O4S2. The Morgan fingerprint density at radius 1 is 1.10 bits per heavy atom. The number of benzene rings is 2. The third-order valence-electron chi connectivity index (χ3n) is 3.90. The van der Waals surface area contributed by atoms with Gasteiger partial charge in [0.05, 0.1) is 4.90 Å². The van der Waals surface area contributed by atoms with Crippen molar-refractivity contribution in [1.29, 1.82) is 0 Å². The summed E-state index contributed by atoms with van der Waals surface area (Å²) in [5.41, 5.74) is 1.25. The van der Waals surface area contributed by atoms with Gasteiger partial charge in [-0.3, -0.25) is 4.79 Å². The number of hydrogen-bond acceptors (Lipinski definition) is 5. The Bertz CT molecular complexity index is 905. The lowest BCUT2D eigenvalue weighted by Crippen LogP contribution is -2.44. The largest absolute Gasteiger partial charge is 0.435 e. The van der Waals surface area contributed by atoms with Gasteiger partial charge in [0.2, 0.25) is 15.9 Å². The molecule has 0 aliphatic rings. The van der Waals surface area contributed by atoms with Crippen molar-refractivity contribution in [3.05, 3.63) is 54.1 Å². The highest BCUT2D eigenvalue weighted by Gasteiger charge is 2.25. The van der Waals surface area contributed by atoms with E-state index in [0.717, 1.165) is 5.56 Å². The molecule has 1 amide bonds. The van der Waals surface area contributed by atoms with Crippen LogP contribution in [0.3, 0.4) is 0 Å². The van der Waals surface area contributed by atoms with Crippen molar-refractivity contribution in [2.24, 2.45) is 0 Å². The molecule has 2 aromatic carbocycles. The zero-order chi connectivity index (χ0) is 21.4.